The van der Waals surface area contributed by atoms with Crippen LogP contribution >= 0.6 is 23.9 Å². The van der Waals surface area contributed by atoms with Gasteiger partial charge in [0.05, 0.1) is 25.1 Å². The minimum absolute atomic E-state index is 0.0143. The molecule has 258 valence electrons. The quantitative estimate of drug-likeness (QED) is 0.102. The Bertz CT molecular complexity index is 1650. The number of nitrogen functional groups attached to an aromatic ring is 1. The second-order valence-corrected chi connectivity index (χ2v) is 13.3. The largest absolute Gasteiger partial charge is 0.708 e. The summed E-state index contributed by atoms with van der Waals surface area (Å²) in [6.07, 6.45) is -5.08. The number of hydrogen-bond acceptors (Lipinski definition) is 18. The second-order valence-electron chi connectivity index (χ2n) is 9.54. The Balaban J connectivity index is 0.000000479. The first-order valence-corrected chi connectivity index (χ1v) is 17.1. The Morgan fingerprint density at radius 3 is 2.45 bits per heavy atom. The fraction of sp³-hybridized carbons (Fsp3) is 0.476. The predicted molar refractivity (Wildman–Crippen MR) is 150 cm³/mol. The van der Waals surface area contributed by atoms with Crippen molar-refractivity contribution in [3.63, 3.8) is 0 Å². The zero-order chi connectivity index (χ0) is 34.5. The van der Waals surface area contributed by atoms with Crippen LogP contribution < -0.4 is 5.73 Å². The molecule has 0 bridgehead atoms. The summed E-state index contributed by atoms with van der Waals surface area (Å²) in [6, 6.07) is 3.08. The van der Waals surface area contributed by atoms with Gasteiger partial charge < -0.3 is 45.4 Å². The molecule has 3 aromatic heterocycles. The molecule has 0 saturated carbocycles. The van der Waals surface area contributed by atoms with Crippen LogP contribution in [0.4, 0.5) is 5.82 Å². The average Bonchev–Trinajstić information content (AvgIpc) is 3.67. The lowest BCUT2D eigenvalue weighted by Gasteiger charge is -2.22. The minimum Gasteiger partial charge on any atom is -0.478 e. The first-order valence-electron chi connectivity index (χ1n) is 12.9. The maximum absolute atomic E-state index is 12.2. The van der Waals surface area contributed by atoms with Crippen LogP contribution in [0.3, 0.4) is 0 Å². The van der Waals surface area contributed by atoms with Gasteiger partial charge in [0.25, 0.3) is 0 Å². The van der Waals surface area contributed by atoms with Crippen molar-refractivity contribution in [1.82, 2.24) is 24.5 Å². The van der Waals surface area contributed by atoms with Gasteiger partial charge in [-0.25, -0.2) is 28.9 Å². The number of nitrogens with zero attached hydrogens (tertiary/aromatic N) is 5. The number of pyridine rings is 1. The molecule has 0 amide bonds. The molecule has 2 unspecified atom stereocenters. The highest BCUT2D eigenvalue weighted by atomic mass is 31.2. The number of carboxylic acids is 1. The SMILES string of the molecule is Nc1ncnc2c1ncn2[C@@H]1O[C@H](COP(=O)(O)O[P+](=O)OC[C@H]2OC[C@H](O)[C@@H]2O)[C@@H](O)[C@H]1OP(=O)(O)O.O=C(O)c1cccnc1. The molecule has 9 N–H and O–H groups in total. The Kier molecular flexibility index (Phi) is 12.2. The van der Waals surface area contributed by atoms with Crippen molar-refractivity contribution in [3.05, 3.63) is 42.7 Å². The van der Waals surface area contributed by atoms with E-state index >= 15 is 0 Å². The highest BCUT2D eigenvalue weighted by Gasteiger charge is 2.50. The fourth-order valence-electron chi connectivity index (χ4n) is 4.14. The molecule has 2 fully saturated rings. The zero-order valence-electron chi connectivity index (χ0n) is 23.5. The fourth-order valence-corrected chi connectivity index (χ4v) is 6.35. The molecular formula is C21H28N6O17P3+. The van der Waals surface area contributed by atoms with Crippen molar-refractivity contribution in [1.29, 1.82) is 0 Å². The number of anilines is 1. The molecule has 23 nitrogen and oxygen atoms in total. The van der Waals surface area contributed by atoms with Gasteiger partial charge in [-0.15, -0.1) is 4.52 Å². The minimum atomic E-state index is -5.18. The number of carboxylic acid groups (broad SMARTS) is 1. The van der Waals surface area contributed by atoms with Crippen molar-refractivity contribution < 1.29 is 81.0 Å². The third-order valence-electron chi connectivity index (χ3n) is 6.31. The third-order valence-corrected chi connectivity index (χ3v) is 9.03. The summed E-state index contributed by atoms with van der Waals surface area (Å²) in [5, 5.41) is 38.0. The Hall–Kier alpha value is -2.95. The molecular weight excluding hydrogens is 701 g/mol. The molecule has 2 saturated heterocycles. The summed E-state index contributed by atoms with van der Waals surface area (Å²) in [6.45, 7) is -1.65. The van der Waals surface area contributed by atoms with E-state index in [0.717, 1.165) is 17.2 Å². The molecule has 0 radical (unpaired) electrons. The van der Waals surface area contributed by atoms with Crippen LogP contribution in [0.5, 0.6) is 0 Å². The van der Waals surface area contributed by atoms with E-state index in [4.69, 9.17) is 29.4 Å². The van der Waals surface area contributed by atoms with Crippen molar-refractivity contribution in [2.45, 2.75) is 42.9 Å². The number of rotatable bonds is 12. The number of ether oxygens (including phenoxy) is 2. The van der Waals surface area contributed by atoms with E-state index < -0.39 is 85.9 Å². The number of carbonyl (C=O) groups is 1. The van der Waals surface area contributed by atoms with Gasteiger partial charge >= 0.3 is 29.9 Å². The number of aromatic carboxylic acids is 1. The first kappa shape index (κ1) is 36.9. The van der Waals surface area contributed by atoms with Crippen molar-refractivity contribution >= 4 is 46.9 Å². The van der Waals surface area contributed by atoms with Gasteiger partial charge in [0.15, 0.2) is 17.7 Å². The van der Waals surface area contributed by atoms with Gasteiger partial charge in [0.1, 0.15) is 55.1 Å². The van der Waals surface area contributed by atoms with Crippen LogP contribution in [0.25, 0.3) is 11.2 Å². The number of phosphoric acid groups is 2. The summed E-state index contributed by atoms with van der Waals surface area (Å²) >= 11 is 0. The van der Waals surface area contributed by atoms with E-state index in [2.05, 4.69) is 28.8 Å². The molecule has 0 aliphatic carbocycles. The molecule has 2 aliphatic heterocycles. The Morgan fingerprint density at radius 1 is 1.11 bits per heavy atom. The summed E-state index contributed by atoms with van der Waals surface area (Å²) in [5.74, 6) is -0.956. The monoisotopic (exact) mass is 729 g/mol. The number of phosphoric ester groups is 2. The number of hydrogen-bond donors (Lipinski definition) is 8. The third kappa shape index (κ3) is 9.80. The number of aliphatic hydroxyl groups is 3. The normalized spacial score (nSPS) is 27.6. The molecule has 5 rings (SSSR count). The highest BCUT2D eigenvalue weighted by Crippen LogP contribution is 2.53. The van der Waals surface area contributed by atoms with Gasteiger partial charge in [0.2, 0.25) is 0 Å². The summed E-state index contributed by atoms with van der Waals surface area (Å²) < 4.78 is 65.9. The standard InChI is InChI=1S/C15H22N5O15P3.C6H5NO2/c16-13-9-14(18-4-17-13)20(5-19-9)15-12(34-37(25,26)27)11(23)8(33-15)3-32-38(28,29)35-36(24)31-2-7-10(22)6(21)1-30-7;8-6(9)5-2-1-3-7-4-5/h4-8,10-12,15,21-23H,1-3H2,(H4-,16,17,18,25,26,27,28,29);1-4H,(H,8,9)/p+1/t6-,7+,8+,10-,11+,12+,15+;/m0./s1. The molecule has 0 aromatic carbocycles. The molecule has 9 atom stereocenters. The lowest BCUT2D eigenvalue weighted by atomic mass is 10.1. The van der Waals surface area contributed by atoms with Gasteiger partial charge in [-0.3, -0.25) is 23.5 Å². The van der Waals surface area contributed by atoms with E-state index in [1.54, 1.807) is 6.07 Å². The Morgan fingerprint density at radius 2 is 1.85 bits per heavy atom. The van der Waals surface area contributed by atoms with Crippen LogP contribution in [0.1, 0.15) is 16.6 Å². The van der Waals surface area contributed by atoms with E-state index in [9.17, 15) is 48.5 Å². The molecule has 47 heavy (non-hydrogen) atoms. The number of aromatic nitrogens is 5. The molecule has 5 heterocycles. The number of imidazole rings is 1. The molecule has 0 spiro atoms. The average molecular weight is 729 g/mol. The first-order chi connectivity index (χ1) is 22.1. The van der Waals surface area contributed by atoms with Crippen molar-refractivity contribution in [2.75, 3.05) is 25.6 Å². The van der Waals surface area contributed by atoms with E-state index in [1.807, 2.05) is 0 Å². The van der Waals surface area contributed by atoms with Crippen LogP contribution in [0.15, 0.2) is 37.2 Å². The summed E-state index contributed by atoms with van der Waals surface area (Å²) in [5.41, 5.74) is 6.13. The van der Waals surface area contributed by atoms with Crippen LogP contribution in [0, 0.1) is 0 Å². The van der Waals surface area contributed by atoms with Gasteiger partial charge in [-0.05, 0) is 16.4 Å². The topological polar surface area (TPSA) is 348 Å². The molecule has 26 heteroatoms. The molecule has 3 aromatic rings. The lowest BCUT2D eigenvalue weighted by Crippen LogP contribution is -2.35. The van der Waals surface area contributed by atoms with Gasteiger partial charge in [-0.2, -0.15) is 0 Å². The van der Waals surface area contributed by atoms with Crippen LogP contribution in [-0.4, -0.2) is 122 Å². The van der Waals surface area contributed by atoms with Crippen LogP contribution in [0.2, 0.25) is 0 Å². The summed E-state index contributed by atoms with van der Waals surface area (Å²) in [4.78, 5) is 54.0. The van der Waals surface area contributed by atoms with Gasteiger partial charge in [-0.1, -0.05) is 0 Å². The maximum Gasteiger partial charge on any atom is 0.708 e. The Labute approximate surface area is 263 Å². The maximum atomic E-state index is 12.2. The lowest BCUT2D eigenvalue weighted by molar-refractivity contribution is -0.0496. The van der Waals surface area contributed by atoms with Crippen LogP contribution in [-0.2, 0) is 41.1 Å². The summed E-state index contributed by atoms with van der Waals surface area (Å²) in [7, 11) is -13.6. The highest BCUT2D eigenvalue weighted by molar-refractivity contribution is 7.56. The number of nitrogens with two attached hydrogens (primary N) is 1. The van der Waals surface area contributed by atoms with E-state index in [-0.39, 0.29) is 29.2 Å². The zero-order valence-corrected chi connectivity index (χ0v) is 26.2. The smallest absolute Gasteiger partial charge is 0.478 e. The second kappa shape index (κ2) is 15.5. The van der Waals surface area contributed by atoms with Crippen molar-refractivity contribution in [2.24, 2.45) is 0 Å². The number of fused-ring (bicyclic) bond motifs is 1. The predicted octanol–water partition coefficient (Wildman–Crippen LogP) is -1.15. The molecule has 2 aliphatic rings. The number of aliphatic hydroxyl groups excluding tert-OH is 3. The van der Waals surface area contributed by atoms with E-state index in [0.29, 0.717) is 0 Å². The van der Waals surface area contributed by atoms with Crippen molar-refractivity contribution in [3.8, 4) is 0 Å². The van der Waals surface area contributed by atoms with Gasteiger partial charge in [0, 0.05) is 17.0 Å². The van der Waals surface area contributed by atoms with E-state index in [1.165, 1.54) is 18.5 Å².